The zero-order valence-corrected chi connectivity index (χ0v) is 14.7. The number of benzene rings is 1. The molecule has 0 bridgehead atoms. The van der Waals surface area contributed by atoms with Gasteiger partial charge >= 0.3 is 5.97 Å². The second-order valence-electron chi connectivity index (χ2n) is 6.33. The Morgan fingerprint density at radius 2 is 2.17 bits per heavy atom. The van der Waals surface area contributed by atoms with Gasteiger partial charge < -0.3 is 24.2 Å². The first-order chi connectivity index (χ1) is 11.5. The highest BCUT2D eigenvalue weighted by Crippen LogP contribution is 2.28. The molecule has 2 rings (SSSR count). The highest BCUT2D eigenvalue weighted by atomic mass is 16.5. The number of esters is 1. The molecule has 1 aromatic rings. The van der Waals surface area contributed by atoms with E-state index >= 15 is 0 Å². The summed E-state index contributed by atoms with van der Waals surface area (Å²) in [5.41, 5.74) is 0.393. The second-order valence-corrected chi connectivity index (χ2v) is 6.33. The molecule has 0 aliphatic carbocycles. The number of carbonyl (C=O) groups is 1. The first-order valence-corrected chi connectivity index (χ1v) is 8.33. The third kappa shape index (κ3) is 5.11. The molecule has 0 radical (unpaired) electrons. The molecule has 0 spiro atoms. The number of likely N-dealkylation sites (tertiary alicyclic amines) is 1. The predicted octanol–water partition coefficient (Wildman–Crippen LogP) is 1.95. The van der Waals surface area contributed by atoms with Gasteiger partial charge in [0, 0.05) is 13.1 Å². The van der Waals surface area contributed by atoms with E-state index in [0.29, 0.717) is 29.5 Å². The minimum atomic E-state index is -0.569. The summed E-state index contributed by atoms with van der Waals surface area (Å²) < 4.78 is 15.6. The molecule has 6 heteroatoms. The van der Waals surface area contributed by atoms with Crippen LogP contribution in [-0.2, 0) is 4.74 Å². The molecule has 0 aromatic heterocycles. The van der Waals surface area contributed by atoms with E-state index in [-0.39, 0.29) is 6.61 Å². The van der Waals surface area contributed by atoms with Crippen molar-refractivity contribution in [3.05, 3.63) is 23.8 Å². The highest BCUT2D eigenvalue weighted by Gasteiger charge is 2.19. The lowest BCUT2D eigenvalue weighted by Gasteiger charge is -2.32. The van der Waals surface area contributed by atoms with Crippen molar-refractivity contribution in [1.82, 2.24) is 4.90 Å². The van der Waals surface area contributed by atoms with Crippen molar-refractivity contribution in [2.45, 2.75) is 25.9 Å². The fourth-order valence-corrected chi connectivity index (χ4v) is 3.02. The number of hydrogen-bond acceptors (Lipinski definition) is 6. The van der Waals surface area contributed by atoms with E-state index in [0.717, 1.165) is 13.1 Å². The maximum absolute atomic E-state index is 11.5. The van der Waals surface area contributed by atoms with E-state index in [4.69, 9.17) is 9.47 Å². The SMILES string of the molecule is COC(=O)c1ccc(OC[C@@H](O)CN2CCC[C@@H](C)C2)c(OC)c1. The number of piperidine rings is 1. The lowest BCUT2D eigenvalue weighted by molar-refractivity contribution is 0.0528. The first-order valence-electron chi connectivity index (χ1n) is 8.33. The standard InChI is InChI=1S/C18H27NO5/c1-13-5-4-8-19(10-13)11-15(20)12-24-16-7-6-14(18(21)23-3)9-17(16)22-2/h6-7,9,13,15,20H,4-5,8,10-12H2,1-3H3/t13-,15+/m1/s1. The third-order valence-corrected chi connectivity index (χ3v) is 4.23. The van der Waals surface area contributed by atoms with E-state index in [1.54, 1.807) is 18.2 Å². The molecule has 0 unspecified atom stereocenters. The average Bonchev–Trinajstić information content (AvgIpc) is 2.59. The Kier molecular flexibility index (Phi) is 6.87. The van der Waals surface area contributed by atoms with E-state index in [1.165, 1.54) is 27.1 Å². The molecule has 0 saturated carbocycles. The minimum absolute atomic E-state index is 0.179. The van der Waals surface area contributed by atoms with Gasteiger partial charge in [-0.05, 0) is 43.5 Å². The van der Waals surface area contributed by atoms with Crippen molar-refractivity contribution >= 4 is 5.97 Å². The largest absolute Gasteiger partial charge is 0.493 e. The van der Waals surface area contributed by atoms with Crippen molar-refractivity contribution in [1.29, 1.82) is 0 Å². The van der Waals surface area contributed by atoms with Crippen molar-refractivity contribution in [2.75, 3.05) is 40.5 Å². The number of carbonyl (C=O) groups excluding carboxylic acids is 1. The second kappa shape index (κ2) is 8.89. The number of rotatable bonds is 7. The molecular formula is C18H27NO5. The molecule has 1 fully saturated rings. The summed E-state index contributed by atoms with van der Waals surface area (Å²) in [5, 5.41) is 10.2. The van der Waals surface area contributed by atoms with Crippen LogP contribution in [0, 0.1) is 5.92 Å². The normalized spacial score (nSPS) is 19.6. The fourth-order valence-electron chi connectivity index (χ4n) is 3.02. The average molecular weight is 337 g/mol. The monoisotopic (exact) mass is 337 g/mol. The molecule has 1 aromatic carbocycles. The zero-order valence-electron chi connectivity index (χ0n) is 14.7. The maximum atomic E-state index is 11.5. The van der Waals surface area contributed by atoms with E-state index < -0.39 is 12.1 Å². The molecule has 0 amide bonds. The Hall–Kier alpha value is -1.79. The molecule has 134 valence electrons. The molecule has 1 N–H and O–H groups in total. The van der Waals surface area contributed by atoms with Crippen LogP contribution < -0.4 is 9.47 Å². The zero-order chi connectivity index (χ0) is 17.5. The van der Waals surface area contributed by atoms with Crippen molar-refractivity contribution in [2.24, 2.45) is 5.92 Å². The van der Waals surface area contributed by atoms with E-state index in [1.807, 2.05) is 0 Å². The summed E-state index contributed by atoms with van der Waals surface area (Å²) in [6.45, 7) is 5.07. The van der Waals surface area contributed by atoms with Gasteiger partial charge in [0.25, 0.3) is 0 Å². The van der Waals surface area contributed by atoms with Crippen LogP contribution >= 0.6 is 0 Å². The fraction of sp³-hybridized carbons (Fsp3) is 0.611. The van der Waals surface area contributed by atoms with Crippen LogP contribution in [0.15, 0.2) is 18.2 Å². The lowest BCUT2D eigenvalue weighted by Crippen LogP contribution is -2.41. The van der Waals surface area contributed by atoms with Gasteiger partial charge in [0.1, 0.15) is 12.7 Å². The van der Waals surface area contributed by atoms with Crippen LogP contribution in [0.5, 0.6) is 11.5 Å². The maximum Gasteiger partial charge on any atom is 0.337 e. The third-order valence-electron chi connectivity index (χ3n) is 4.23. The summed E-state index contributed by atoms with van der Waals surface area (Å²) >= 11 is 0. The topological polar surface area (TPSA) is 68.2 Å². The summed E-state index contributed by atoms with van der Waals surface area (Å²) in [6.07, 6.45) is 1.87. The lowest BCUT2D eigenvalue weighted by atomic mass is 10.0. The Labute approximate surface area is 143 Å². The molecule has 1 heterocycles. The summed E-state index contributed by atoms with van der Waals surface area (Å²) in [4.78, 5) is 13.8. The van der Waals surface area contributed by atoms with Crippen LogP contribution in [0.25, 0.3) is 0 Å². The van der Waals surface area contributed by atoms with E-state index in [9.17, 15) is 9.90 Å². The van der Waals surface area contributed by atoms with Crippen molar-refractivity contribution in [3.8, 4) is 11.5 Å². The number of hydrogen-bond donors (Lipinski definition) is 1. The summed E-state index contributed by atoms with van der Waals surface area (Å²) in [5.74, 6) is 1.19. The van der Waals surface area contributed by atoms with Crippen LogP contribution in [0.4, 0.5) is 0 Å². The van der Waals surface area contributed by atoms with Crippen molar-refractivity contribution < 1.29 is 24.1 Å². The molecule has 2 atom stereocenters. The number of aliphatic hydroxyl groups is 1. The number of nitrogens with zero attached hydrogens (tertiary/aromatic N) is 1. The predicted molar refractivity (Wildman–Crippen MR) is 90.7 cm³/mol. The quantitative estimate of drug-likeness (QED) is 0.767. The minimum Gasteiger partial charge on any atom is -0.493 e. The van der Waals surface area contributed by atoms with Crippen LogP contribution in [0.1, 0.15) is 30.1 Å². The first kappa shape index (κ1) is 18.5. The Morgan fingerprint density at radius 3 is 2.83 bits per heavy atom. The Morgan fingerprint density at radius 1 is 1.38 bits per heavy atom. The molecule has 1 aliphatic heterocycles. The molecular weight excluding hydrogens is 310 g/mol. The molecule has 1 saturated heterocycles. The molecule has 6 nitrogen and oxygen atoms in total. The molecule has 24 heavy (non-hydrogen) atoms. The van der Waals surface area contributed by atoms with Crippen LogP contribution in [0.3, 0.4) is 0 Å². The summed E-state index contributed by atoms with van der Waals surface area (Å²) in [6, 6.07) is 4.84. The smallest absolute Gasteiger partial charge is 0.337 e. The van der Waals surface area contributed by atoms with Gasteiger partial charge in [0.05, 0.1) is 19.8 Å². The van der Waals surface area contributed by atoms with Gasteiger partial charge in [-0.2, -0.15) is 0 Å². The number of ether oxygens (including phenoxy) is 3. The van der Waals surface area contributed by atoms with Crippen LogP contribution in [0.2, 0.25) is 0 Å². The molecule has 1 aliphatic rings. The Balaban J connectivity index is 1.89. The van der Waals surface area contributed by atoms with Gasteiger partial charge in [0.15, 0.2) is 11.5 Å². The van der Waals surface area contributed by atoms with E-state index in [2.05, 4.69) is 16.6 Å². The van der Waals surface area contributed by atoms with Gasteiger partial charge in [0.2, 0.25) is 0 Å². The van der Waals surface area contributed by atoms with Gasteiger partial charge in [-0.1, -0.05) is 6.92 Å². The Bertz CT molecular complexity index is 548. The van der Waals surface area contributed by atoms with Gasteiger partial charge in [-0.25, -0.2) is 4.79 Å². The number of methoxy groups -OCH3 is 2. The van der Waals surface area contributed by atoms with Gasteiger partial charge in [-0.15, -0.1) is 0 Å². The van der Waals surface area contributed by atoms with Crippen LogP contribution in [-0.4, -0.2) is 62.5 Å². The highest BCUT2D eigenvalue weighted by molar-refractivity contribution is 5.90. The van der Waals surface area contributed by atoms with Gasteiger partial charge in [-0.3, -0.25) is 0 Å². The number of aliphatic hydroxyl groups excluding tert-OH is 1. The summed E-state index contributed by atoms with van der Waals surface area (Å²) in [7, 11) is 2.84. The number of β-amino-alcohol motifs (C(OH)–C–C–N with tert-alkyl or cyclic N) is 1. The van der Waals surface area contributed by atoms with Crippen molar-refractivity contribution in [3.63, 3.8) is 0 Å².